The molecule has 0 radical (unpaired) electrons. The number of carbonyl (C=O) groups excluding carboxylic acids is 1. The number of nitriles is 1. The van der Waals surface area contributed by atoms with E-state index in [0.29, 0.717) is 55.2 Å². The van der Waals surface area contributed by atoms with Gasteiger partial charge in [-0.3, -0.25) is 9.69 Å². The molecule has 1 aliphatic rings. The van der Waals surface area contributed by atoms with Gasteiger partial charge in [0.1, 0.15) is 11.8 Å². The number of likely N-dealkylation sites (tertiary alicyclic amines) is 1. The molecule has 0 spiro atoms. The molecule has 1 aliphatic heterocycles. The Balaban J connectivity index is 1.65. The molecule has 7 heteroatoms. The molecule has 4 rings (SSSR count). The lowest BCUT2D eigenvalue weighted by Gasteiger charge is -2.40. The fourth-order valence-electron chi connectivity index (χ4n) is 4.63. The Morgan fingerprint density at radius 3 is 2.56 bits per heavy atom. The number of carbonyl (C=O) groups is 1. The quantitative estimate of drug-likeness (QED) is 0.494. The Hall–Kier alpha value is -3.76. The molecule has 34 heavy (non-hydrogen) atoms. The van der Waals surface area contributed by atoms with Crippen molar-refractivity contribution in [1.29, 1.82) is 5.26 Å². The second kappa shape index (κ2) is 10.4. The first-order chi connectivity index (χ1) is 16.6. The second-order valence-corrected chi connectivity index (χ2v) is 8.33. The Morgan fingerprint density at radius 2 is 1.88 bits per heavy atom. The molecular weight excluding hydrogens is 428 g/mol. The van der Waals surface area contributed by atoms with E-state index in [1.165, 1.54) is 12.7 Å². The maximum Gasteiger partial charge on any atom is 0.316 e. The van der Waals surface area contributed by atoms with Gasteiger partial charge in [0.2, 0.25) is 5.88 Å². The second-order valence-electron chi connectivity index (χ2n) is 8.33. The Bertz CT molecular complexity index is 1180. The van der Waals surface area contributed by atoms with Crippen LogP contribution in [0.3, 0.4) is 0 Å². The zero-order chi connectivity index (χ0) is 24.0. The van der Waals surface area contributed by atoms with Crippen molar-refractivity contribution in [3.8, 4) is 23.2 Å². The molecule has 1 aromatic carbocycles. The van der Waals surface area contributed by atoms with E-state index >= 15 is 0 Å². The van der Waals surface area contributed by atoms with Crippen molar-refractivity contribution in [1.82, 2.24) is 14.9 Å². The standard InChI is InChI=1S/C27H28N4O3/c1-3-34-25-21(10-7-15-29-25)23-12-11-22(24(18-28)30-23)27(26(32)33-2)13-16-31(17-14-27)19-20-8-5-4-6-9-20/h4-12,15H,3,13-14,16-17,19H2,1-2H3. The fourth-order valence-corrected chi connectivity index (χ4v) is 4.63. The molecule has 0 aliphatic carbocycles. The van der Waals surface area contributed by atoms with E-state index in [9.17, 15) is 10.1 Å². The van der Waals surface area contributed by atoms with Crippen molar-refractivity contribution in [2.45, 2.75) is 31.7 Å². The molecule has 0 saturated carbocycles. The SMILES string of the molecule is CCOc1ncccc1-c1ccc(C2(C(=O)OC)CCN(Cc3ccccc3)CC2)c(C#N)n1. The highest BCUT2D eigenvalue weighted by atomic mass is 16.5. The third kappa shape index (κ3) is 4.63. The largest absolute Gasteiger partial charge is 0.477 e. The van der Waals surface area contributed by atoms with Crippen LogP contribution >= 0.6 is 0 Å². The van der Waals surface area contributed by atoms with Gasteiger partial charge in [-0.1, -0.05) is 36.4 Å². The first-order valence-electron chi connectivity index (χ1n) is 11.5. The van der Waals surface area contributed by atoms with Crippen LogP contribution in [0.2, 0.25) is 0 Å². The monoisotopic (exact) mass is 456 g/mol. The number of methoxy groups -OCH3 is 1. The molecule has 3 heterocycles. The molecule has 1 saturated heterocycles. The summed E-state index contributed by atoms with van der Waals surface area (Å²) in [4.78, 5) is 24.3. The van der Waals surface area contributed by atoms with Crippen LogP contribution in [-0.2, 0) is 21.5 Å². The van der Waals surface area contributed by atoms with E-state index in [0.717, 1.165) is 6.54 Å². The van der Waals surface area contributed by atoms with Gasteiger partial charge in [-0.25, -0.2) is 9.97 Å². The van der Waals surface area contributed by atoms with Crippen molar-refractivity contribution in [3.63, 3.8) is 0 Å². The van der Waals surface area contributed by atoms with Gasteiger partial charge in [-0.05, 0) is 56.6 Å². The van der Waals surface area contributed by atoms with Crippen LogP contribution in [0.15, 0.2) is 60.8 Å². The first-order valence-corrected chi connectivity index (χ1v) is 11.5. The van der Waals surface area contributed by atoms with Gasteiger partial charge in [0.05, 0.1) is 30.4 Å². The number of hydrogen-bond acceptors (Lipinski definition) is 7. The fraction of sp³-hybridized carbons (Fsp3) is 0.333. The lowest BCUT2D eigenvalue weighted by Crippen LogP contribution is -2.48. The minimum absolute atomic E-state index is 0.228. The highest BCUT2D eigenvalue weighted by Crippen LogP contribution is 2.39. The van der Waals surface area contributed by atoms with Crippen LogP contribution in [0.5, 0.6) is 5.88 Å². The molecule has 0 atom stereocenters. The average Bonchev–Trinajstić information content (AvgIpc) is 2.89. The lowest BCUT2D eigenvalue weighted by molar-refractivity contribution is -0.149. The molecule has 0 amide bonds. The molecule has 1 fully saturated rings. The van der Waals surface area contributed by atoms with Gasteiger partial charge in [-0.15, -0.1) is 0 Å². The number of benzene rings is 1. The lowest BCUT2D eigenvalue weighted by atomic mass is 9.72. The summed E-state index contributed by atoms with van der Waals surface area (Å²) in [6, 6.07) is 19.8. The number of pyridine rings is 2. The minimum Gasteiger partial charge on any atom is -0.477 e. The van der Waals surface area contributed by atoms with Crippen LogP contribution in [0.1, 0.15) is 36.6 Å². The Morgan fingerprint density at radius 1 is 1.12 bits per heavy atom. The Kier molecular flexibility index (Phi) is 7.19. The summed E-state index contributed by atoms with van der Waals surface area (Å²) < 4.78 is 10.9. The average molecular weight is 457 g/mol. The summed E-state index contributed by atoms with van der Waals surface area (Å²) in [6.45, 7) is 4.61. The highest BCUT2D eigenvalue weighted by molar-refractivity contribution is 5.84. The van der Waals surface area contributed by atoms with Crippen molar-refractivity contribution in [2.24, 2.45) is 0 Å². The summed E-state index contributed by atoms with van der Waals surface area (Å²) in [6.07, 6.45) is 2.77. The number of hydrogen-bond donors (Lipinski definition) is 0. The summed E-state index contributed by atoms with van der Waals surface area (Å²) >= 11 is 0. The molecule has 3 aromatic rings. The van der Waals surface area contributed by atoms with Crippen LogP contribution in [0.4, 0.5) is 0 Å². The van der Waals surface area contributed by atoms with Gasteiger partial charge in [0.25, 0.3) is 0 Å². The zero-order valence-corrected chi connectivity index (χ0v) is 19.5. The van der Waals surface area contributed by atoms with Gasteiger partial charge < -0.3 is 9.47 Å². The molecule has 0 bridgehead atoms. The summed E-state index contributed by atoms with van der Waals surface area (Å²) in [5.41, 5.74) is 2.46. The normalized spacial score (nSPS) is 15.3. The third-order valence-electron chi connectivity index (χ3n) is 6.38. The molecular formula is C27H28N4O3. The molecule has 7 nitrogen and oxygen atoms in total. The van der Waals surface area contributed by atoms with E-state index in [1.807, 2.05) is 43.3 Å². The van der Waals surface area contributed by atoms with E-state index in [4.69, 9.17) is 9.47 Å². The van der Waals surface area contributed by atoms with Gasteiger partial charge >= 0.3 is 5.97 Å². The first kappa shape index (κ1) is 23.4. The van der Waals surface area contributed by atoms with Crippen LogP contribution < -0.4 is 4.74 Å². The molecule has 2 aromatic heterocycles. The van der Waals surface area contributed by atoms with Crippen molar-refractivity contribution < 1.29 is 14.3 Å². The zero-order valence-electron chi connectivity index (χ0n) is 19.5. The van der Waals surface area contributed by atoms with Crippen LogP contribution in [0.25, 0.3) is 11.3 Å². The van der Waals surface area contributed by atoms with E-state index in [-0.39, 0.29) is 11.7 Å². The molecule has 0 N–H and O–H groups in total. The maximum atomic E-state index is 13.1. The van der Waals surface area contributed by atoms with Gasteiger partial charge in [0, 0.05) is 18.3 Å². The van der Waals surface area contributed by atoms with E-state index < -0.39 is 5.41 Å². The number of piperidine rings is 1. The van der Waals surface area contributed by atoms with Crippen LogP contribution in [-0.4, -0.2) is 47.6 Å². The molecule has 174 valence electrons. The highest BCUT2D eigenvalue weighted by Gasteiger charge is 2.46. The number of nitrogens with zero attached hydrogens (tertiary/aromatic N) is 4. The summed E-state index contributed by atoms with van der Waals surface area (Å²) in [5.74, 6) is 0.139. The summed E-state index contributed by atoms with van der Waals surface area (Å²) in [5, 5.41) is 9.99. The third-order valence-corrected chi connectivity index (χ3v) is 6.38. The Labute approximate surface area is 200 Å². The van der Waals surface area contributed by atoms with Crippen molar-refractivity contribution >= 4 is 5.97 Å². The van der Waals surface area contributed by atoms with E-state index in [2.05, 4.69) is 33.1 Å². The predicted molar refractivity (Wildman–Crippen MR) is 128 cm³/mol. The van der Waals surface area contributed by atoms with E-state index in [1.54, 1.807) is 12.3 Å². The van der Waals surface area contributed by atoms with Crippen molar-refractivity contribution in [3.05, 3.63) is 77.6 Å². The topological polar surface area (TPSA) is 88.3 Å². The van der Waals surface area contributed by atoms with Gasteiger partial charge in [-0.2, -0.15) is 5.26 Å². The minimum atomic E-state index is -0.907. The summed E-state index contributed by atoms with van der Waals surface area (Å²) in [7, 11) is 1.40. The number of aromatic nitrogens is 2. The maximum absolute atomic E-state index is 13.1. The van der Waals surface area contributed by atoms with Crippen molar-refractivity contribution in [2.75, 3.05) is 26.8 Å². The smallest absolute Gasteiger partial charge is 0.316 e. The molecule has 0 unspecified atom stereocenters. The number of rotatable bonds is 7. The number of esters is 1. The van der Waals surface area contributed by atoms with Gasteiger partial charge in [0.15, 0.2) is 0 Å². The van der Waals surface area contributed by atoms with Crippen LogP contribution in [0, 0.1) is 11.3 Å². The number of ether oxygens (including phenoxy) is 2. The predicted octanol–water partition coefficient (Wildman–Crippen LogP) is 4.12.